The summed E-state index contributed by atoms with van der Waals surface area (Å²) in [5, 5.41) is 0. The third kappa shape index (κ3) is 4.38. The van der Waals surface area contributed by atoms with E-state index in [1.807, 2.05) is 0 Å². The lowest BCUT2D eigenvalue weighted by Crippen LogP contribution is -2.42. The molecule has 1 saturated carbocycles. The molecule has 2 aliphatic heterocycles. The molecule has 168 valence electrons. The summed E-state index contributed by atoms with van der Waals surface area (Å²) in [6, 6.07) is 1.35. The Kier molecular flexibility index (Phi) is 6.15. The maximum Gasteiger partial charge on any atom is 0.410 e. The molecule has 0 bridgehead atoms. The van der Waals surface area contributed by atoms with Crippen LogP contribution in [0.15, 0.2) is 10.9 Å². The second-order valence-corrected chi connectivity index (χ2v) is 8.00. The largest absolute Gasteiger partial charge is 0.489 e. The summed E-state index contributed by atoms with van der Waals surface area (Å²) in [4.78, 5) is 52.8. The van der Waals surface area contributed by atoms with E-state index in [2.05, 4.69) is 0 Å². The van der Waals surface area contributed by atoms with Gasteiger partial charge < -0.3 is 23.7 Å². The fraction of sp³-hybridized carbons (Fsp3) is 0.619. The van der Waals surface area contributed by atoms with Crippen molar-refractivity contribution in [3.8, 4) is 5.75 Å². The van der Waals surface area contributed by atoms with Crippen LogP contribution in [0.5, 0.6) is 5.75 Å². The topological polar surface area (TPSA) is 107 Å². The minimum atomic E-state index is -0.559. The van der Waals surface area contributed by atoms with E-state index in [1.54, 1.807) is 4.90 Å². The Bertz CT molecular complexity index is 936. The van der Waals surface area contributed by atoms with E-state index in [1.165, 1.54) is 22.6 Å². The van der Waals surface area contributed by atoms with Crippen LogP contribution in [0.2, 0.25) is 0 Å². The summed E-state index contributed by atoms with van der Waals surface area (Å²) >= 11 is 0. The highest BCUT2D eigenvalue weighted by Crippen LogP contribution is 2.29. The molecule has 0 radical (unpaired) electrons. The lowest BCUT2D eigenvalue weighted by atomic mass is 10.1. The van der Waals surface area contributed by atoms with Gasteiger partial charge in [-0.25, -0.2) is 9.59 Å². The Morgan fingerprint density at radius 2 is 1.90 bits per heavy atom. The number of ether oxygens (including phenoxy) is 3. The Morgan fingerprint density at radius 1 is 1.13 bits per heavy atom. The number of cyclic esters (lactones) is 1. The van der Waals surface area contributed by atoms with Gasteiger partial charge in [-0.1, -0.05) is 0 Å². The predicted octanol–water partition coefficient (Wildman–Crippen LogP) is 0.793. The van der Waals surface area contributed by atoms with E-state index in [-0.39, 0.29) is 48.6 Å². The van der Waals surface area contributed by atoms with Gasteiger partial charge in [0, 0.05) is 37.8 Å². The number of methoxy groups -OCH3 is 1. The van der Waals surface area contributed by atoms with Crippen molar-refractivity contribution in [3.05, 3.63) is 27.7 Å². The van der Waals surface area contributed by atoms with Crippen molar-refractivity contribution in [2.24, 2.45) is 0 Å². The van der Waals surface area contributed by atoms with Gasteiger partial charge in [0.05, 0.1) is 19.8 Å². The van der Waals surface area contributed by atoms with Gasteiger partial charge in [-0.3, -0.25) is 14.5 Å². The number of rotatable bonds is 5. The van der Waals surface area contributed by atoms with Crippen LogP contribution in [0.1, 0.15) is 41.7 Å². The summed E-state index contributed by atoms with van der Waals surface area (Å²) in [7, 11) is 1.30. The lowest BCUT2D eigenvalue weighted by molar-refractivity contribution is -0.131. The third-order valence-corrected chi connectivity index (χ3v) is 6.10. The zero-order valence-corrected chi connectivity index (χ0v) is 17.6. The normalized spacial score (nSPS) is 19.1. The quantitative estimate of drug-likeness (QED) is 0.632. The zero-order chi connectivity index (χ0) is 22.0. The summed E-state index contributed by atoms with van der Waals surface area (Å²) in [5.74, 6) is -0.521. The average Bonchev–Trinajstić information content (AvgIpc) is 3.34. The second-order valence-electron chi connectivity index (χ2n) is 8.00. The number of pyridine rings is 1. The molecule has 0 N–H and O–H groups in total. The molecule has 0 unspecified atom stereocenters. The minimum Gasteiger partial charge on any atom is -0.489 e. The van der Waals surface area contributed by atoms with Crippen LogP contribution >= 0.6 is 0 Å². The smallest absolute Gasteiger partial charge is 0.410 e. The molecular weight excluding hydrogens is 406 g/mol. The number of hydrogen-bond donors (Lipinski definition) is 0. The Morgan fingerprint density at radius 3 is 2.58 bits per heavy atom. The molecule has 2 fully saturated rings. The monoisotopic (exact) mass is 433 g/mol. The highest BCUT2D eigenvalue weighted by molar-refractivity contribution is 5.93. The van der Waals surface area contributed by atoms with Crippen LogP contribution in [-0.4, -0.2) is 78.3 Å². The van der Waals surface area contributed by atoms with Crippen molar-refractivity contribution in [2.75, 3.05) is 39.9 Å². The van der Waals surface area contributed by atoms with Crippen molar-refractivity contribution >= 4 is 18.0 Å². The Labute approximate surface area is 179 Å². The molecule has 2 amide bonds. The van der Waals surface area contributed by atoms with Gasteiger partial charge >= 0.3 is 12.1 Å². The average molecular weight is 433 g/mol. The molecule has 4 rings (SSSR count). The van der Waals surface area contributed by atoms with Crippen LogP contribution in [-0.2, 0) is 27.2 Å². The van der Waals surface area contributed by atoms with E-state index in [4.69, 9.17) is 14.2 Å². The van der Waals surface area contributed by atoms with Crippen molar-refractivity contribution in [3.63, 3.8) is 0 Å². The van der Waals surface area contributed by atoms with E-state index in [0.29, 0.717) is 31.7 Å². The van der Waals surface area contributed by atoms with E-state index < -0.39 is 12.1 Å². The molecule has 3 heterocycles. The first-order valence-electron chi connectivity index (χ1n) is 10.7. The molecule has 1 aromatic heterocycles. The second kappa shape index (κ2) is 8.99. The van der Waals surface area contributed by atoms with Crippen molar-refractivity contribution in [1.29, 1.82) is 0 Å². The van der Waals surface area contributed by atoms with Gasteiger partial charge in [0.15, 0.2) is 0 Å². The minimum absolute atomic E-state index is 0.0186. The molecular formula is C21H27N3O7. The van der Waals surface area contributed by atoms with E-state index in [0.717, 1.165) is 25.7 Å². The molecule has 0 spiro atoms. The summed E-state index contributed by atoms with van der Waals surface area (Å²) in [6.45, 7) is 1.46. The standard InChI is InChI=1S/C21H27N3O7/c1-29-20(27)19-15-6-7-22(18(26)13-23-10-11-30-21(23)28)8-9-24(15)17(25)12-16(19)31-14-4-2-3-5-14/h12,14H,2-11,13H2,1H3. The molecule has 1 aliphatic carbocycles. The Hall–Kier alpha value is -3.04. The number of hydrogen-bond acceptors (Lipinski definition) is 7. The Balaban J connectivity index is 1.58. The molecule has 1 saturated heterocycles. The first kappa shape index (κ1) is 21.2. The third-order valence-electron chi connectivity index (χ3n) is 6.10. The molecule has 1 aromatic rings. The summed E-state index contributed by atoms with van der Waals surface area (Å²) < 4.78 is 17.4. The van der Waals surface area contributed by atoms with Gasteiger partial charge in [-0.15, -0.1) is 0 Å². The van der Waals surface area contributed by atoms with Gasteiger partial charge in [0.25, 0.3) is 5.56 Å². The molecule has 3 aliphatic rings. The van der Waals surface area contributed by atoms with Crippen molar-refractivity contribution in [2.45, 2.75) is 44.8 Å². The number of amides is 2. The molecule has 10 heteroatoms. The van der Waals surface area contributed by atoms with Gasteiger partial charge in [0.1, 0.15) is 24.5 Å². The zero-order valence-electron chi connectivity index (χ0n) is 17.6. The number of esters is 1. The molecule has 31 heavy (non-hydrogen) atoms. The maximum absolute atomic E-state index is 12.8. The highest BCUT2D eigenvalue weighted by atomic mass is 16.6. The number of carbonyl (C=O) groups excluding carboxylic acids is 3. The maximum atomic E-state index is 12.8. The van der Waals surface area contributed by atoms with Crippen LogP contribution in [0.25, 0.3) is 0 Å². The van der Waals surface area contributed by atoms with Crippen molar-refractivity contribution in [1.82, 2.24) is 14.4 Å². The first-order valence-corrected chi connectivity index (χ1v) is 10.7. The van der Waals surface area contributed by atoms with E-state index in [9.17, 15) is 19.2 Å². The fourth-order valence-corrected chi connectivity index (χ4v) is 4.43. The SMILES string of the molecule is COC(=O)c1c(OC2CCCC2)cc(=O)n2c1CCN(C(=O)CN1CCOC1=O)CC2. The van der Waals surface area contributed by atoms with Crippen LogP contribution < -0.4 is 10.3 Å². The highest BCUT2D eigenvalue weighted by Gasteiger charge is 2.31. The van der Waals surface area contributed by atoms with Crippen LogP contribution in [0.3, 0.4) is 0 Å². The van der Waals surface area contributed by atoms with Crippen LogP contribution in [0.4, 0.5) is 4.79 Å². The van der Waals surface area contributed by atoms with Gasteiger partial charge in [-0.2, -0.15) is 0 Å². The number of aromatic nitrogens is 1. The number of nitrogens with zero attached hydrogens (tertiary/aromatic N) is 3. The summed E-state index contributed by atoms with van der Waals surface area (Å²) in [6.07, 6.45) is 3.69. The predicted molar refractivity (Wildman–Crippen MR) is 108 cm³/mol. The molecule has 0 atom stereocenters. The van der Waals surface area contributed by atoms with Gasteiger partial charge in [-0.05, 0) is 25.7 Å². The molecule has 10 nitrogen and oxygen atoms in total. The van der Waals surface area contributed by atoms with E-state index >= 15 is 0 Å². The van der Waals surface area contributed by atoms with Gasteiger partial charge in [0.2, 0.25) is 5.91 Å². The number of fused-ring (bicyclic) bond motifs is 1. The fourth-order valence-electron chi connectivity index (χ4n) is 4.43. The van der Waals surface area contributed by atoms with Crippen LogP contribution in [0, 0.1) is 0 Å². The lowest BCUT2D eigenvalue weighted by Gasteiger charge is -2.22. The van der Waals surface area contributed by atoms with Crippen molar-refractivity contribution < 1.29 is 28.6 Å². The summed E-state index contributed by atoms with van der Waals surface area (Å²) in [5.41, 5.74) is 0.503. The molecule has 0 aromatic carbocycles. The number of carbonyl (C=O) groups is 3. The first-order chi connectivity index (χ1) is 15.0.